The maximum absolute atomic E-state index is 12.7. The Bertz CT molecular complexity index is 805. The number of benzene rings is 1. The predicted molar refractivity (Wildman–Crippen MR) is 124 cm³/mol. The number of aliphatic hydroxyl groups is 1. The molecule has 182 valence electrons. The van der Waals surface area contributed by atoms with Crippen molar-refractivity contribution in [2.75, 3.05) is 32.8 Å². The Kier molecular flexibility index (Phi) is 8.45. The molecule has 4 rings (SSSR count). The fraction of sp³-hybridized carbons (Fsp3) is 0.680. The molecule has 3 aliphatic rings. The zero-order chi connectivity index (χ0) is 23.0. The lowest BCUT2D eigenvalue weighted by atomic mass is 9.95. The number of hydrogen-bond acceptors (Lipinski definition) is 6. The minimum atomic E-state index is -0.888. The third kappa shape index (κ3) is 6.84. The summed E-state index contributed by atoms with van der Waals surface area (Å²) < 4.78 is 11.2. The first-order valence-electron chi connectivity index (χ1n) is 12.5. The number of hydrogen-bond donors (Lipinski definition) is 3. The molecule has 1 saturated heterocycles. The summed E-state index contributed by atoms with van der Waals surface area (Å²) in [5.41, 5.74) is 0.679. The Morgan fingerprint density at radius 1 is 0.970 bits per heavy atom. The highest BCUT2D eigenvalue weighted by Gasteiger charge is 2.28. The molecular weight excluding hydrogens is 422 g/mol. The van der Waals surface area contributed by atoms with Gasteiger partial charge in [0.15, 0.2) is 11.5 Å². The highest BCUT2D eigenvalue weighted by atomic mass is 16.6. The number of aliphatic hydroxyl groups excluding tert-OH is 1. The topological polar surface area (TPSA) is 100 Å². The summed E-state index contributed by atoms with van der Waals surface area (Å²) in [5.74, 6) is 1.000. The Morgan fingerprint density at radius 2 is 1.67 bits per heavy atom. The van der Waals surface area contributed by atoms with Gasteiger partial charge in [-0.05, 0) is 56.5 Å². The zero-order valence-electron chi connectivity index (χ0n) is 19.4. The average Bonchev–Trinajstić information content (AvgIpc) is 3.35. The van der Waals surface area contributed by atoms with Crippen LogP contribution in [0, 0.1) is 0 Å². The molecule has 33 heavy (non-hydrogen) atoms. The van der Waals surface area contributed by atoms with Crippen LogP contribution in [0.2, 0.25) is 0 Å². The van der Waals surface area contributed by atoms with E-state index in [2.05, 4.69) is 15.5 Å². The molecule has 3 N–H and O–H groups in total. The van der Waals surface area contributed by atoms with Gasteiger partial charge in [0.2, 0.25) is 11.8 Å². The van der Waals surface area contributed by atoms with E-state index in [9.17, 15) is 14.7 Å². The van der Waals surface area contributed by atoms with Crippen molar-refractivity contribution >= 4 is 11.8 Å². The van der Waals surface area contributed by atoms with Gasteiger partial charge in [-0.1, -0.05) is 25.3 Å². The van der Waals surface area contributed by atoms with Gasteiger partial charge in [0.25, 0.3) is 0 Å². The smallest absolute Gasteiger partial charge is 0.220 e. The monoisotopic (exact) mass is 459 g/mol. The molecular formula is C25H37N3O5. The van der Waals surface area contributed by atoms with Gasteiger partial charge >= 0.3 is 0 Å². The fourth-order valence-electron chi connectivity index (χ4n) is 5.00. The minimum absolute atomic E-state index is 0.0690. The molecule has 1 aromatic rings. The summed E-state index contributed by atoms with van der Waals surface area (Å²) in [6, 6.07) is 5.18. The Hall–Kier alpha value is -2.32. The van der Waals surface area contributed by atoms with Crippen molar-refractivity contribution in [1.82, 2.24) is 15.5 Å². The Labute approximate surface area is 196 Å². The van der Waals surface area contributed by atoms with E-state index >= 15 is 0 Å². The second kappa shape index (κ2) is 11.7. The number of amides is 2. The number of rotatable bonds is 9. The largest absolute Gasteiger partial charge is 0.486 e. The van der Waals surface area contributed by atoms with Crippen molar-refractivity contribution in [3.05, 3.63) is 23.8 Å². The molecule has 2 aliphatic heterocycles. The molecule has 0 radical (unpaired) electrons. The highest BCUT2D eigenvalue weighted by Crippen LogP contribution is 2.33. The van der Waals surface area contributed by atoms with Crippen molar-refractivity contribution in [1.29, 1.82) is 0 Å². The van der Waals surface area contributed by atoms with Crippen LogP contribution in [0.3, 0.4) is 0 Å². The highest BCUT2D eigenvalue weighted by molar-refractivity contribution is 5.84. The van der Waals surface area contributed by atoms with Gasteiger partial charge in [0, 0.05) is 25.4 Å². The van der Waals surface area contributed by atoms with Gasteiger partial charge in [0.05, 0.1) is 6.04 Å². The number of ether oxygens (including phenoxy) is 2. The average molecular weight is 460 g/mol. The predicted octanol–water partition coefficient (Wildman–Crippen LogP) is 2.30. The number of nitrogens with one attached hydrogen (secondary N) is 2. The fourth-order valence-corrected chi connectivity index (χ4v) is 5.00. The van der Waals surface area contributed by atoms with Gasteiger partial charge < -0.3 is 30.1 Å². The molecule has 2 heterocycles. The molecule has 1 aromatic carbocycles. The lowest BCUT2D eigenvalue weighted by Crippen LogP contribution is -2.47. The maximum Gasteiger partial charge on any atom is 0.220 e. The van der Waals surface area contributed by atoms with Crippen molar-refractivity contribution in [3.8, 4) is 11.5 Å². The molecule has 2 atom stereocenters. The molecule has 0 unspecified atom stereocenters. The molecule has 0 spiro atoms. The number of carbonyl (C=O) groups is 2. The van der Waals surface area contributed by atoms with E-state index in [0.717, 1.165) is 51.6 Å². The standard InChI is InChI=1S/C25H37N3O5/c29-23(26-19-6-2-1-3-7-19)10-11-24(30)27-20(17-28-12-4-5-13-28)25(31)18-8-9-21-22(16-18)33-15-14-32-21/h8-9,16,19-20,25,31H,1-7,10-15,17H2,(H,26,29)(H,27,30)/t20-,25-/m1/s1. The van der Waals surface area contributed by atoms with Crippen LogP contribution < -0.4 is 20.1 Å². The number of likely N-dealkylation sites (tertiary alicyclic amines) is 1. The Balaban J connectivity index is 1.34. The SMILES string of the molecule is O=C(CCC(=O)N[C@H](CN1CCCC1)[C@H](O)c1ccc2c(c1)OCCO2)NC1CCCCC1. The third-order valence-corrected chi connectivity index (χ3v) is 6.84. The first-order chi connectivity index (χ1) is 16.1. The van der Waals surface area contributed by atoms with E-state index in [0.29, 0.717) is 36.8 Å². The van der Waals surface area contributed by atoms with Crippen LogP contribution in [0.25, 0.3) is 0 Å². The molecule has 1 aliphatic carbocycles. The molecule has 0 aromatic heterocycles. The van der Waals surface area contributed by atoms with Crippen LogP contribution >= 0.6 is 0 Å². The van der Waals surface area contributed by atoms with Crippen LogP contribution in [-0.2, 0) is 9.59 Å². The molecule has 8 nitrogen and oxygen atoms in total. The summed E-state index contributed by atoms with van der Waals surface area (Å²) in [6.07, 6.45) is 7.24. The molecule has 0 bridgehead atoms. The summed E-state index contributed by atoms with van der Waals surface area (Å²) in [7, 11) is 0. The Morgan fingerprint density at radius 3 is 2.42 bits per heavy atom. The molecule has 8 heteroatoms. The van der Waals surface area contributed by atoms with Crippen molar-refractivity contribution in [3.63, 3.8) is 0 Å². The second-order valence-electron chi connectivity index (χ2n) is 9.43. The lowest BCUT2D eigenvalue weighted by molar-refractivity contribution is -0.127. The van der Waals surface area contributed by atoms with Gasteiger partial charge in [-0.3, -0.25) is 9.59 Å². The number of nitrogens with zero attached hydrogens (tertiary/aromatic N) is 1. The van der Waals surface area contributed by atoms with E-state index in [-0.39, 0.29) is 30.7 Å². The van der Waals surface area contributed by atoms with Crippen LogP contribution in [0.15, 0.2) is 18.2 Å². The minimum Gasteiger partial charge on any atom is -0.486 e. The van der Waals surface area contributed by atoms with Crippen LogP contribution in [0.4, 0.5) is 0 Å². The molecule has 2 fully saturated rings. The van der Waals surface area contributed by atoms with Crippen molar-refractivity contribution < 1.29 is 24.2 Å². The van der Waals surface area contributed by atoms with Gasteiger partial charge in [-0.15, -0.1) is 0 Å². The van der Waals surface area contributed by atoms with Crippen LogP contribution in [0.1, 0.15) is 69.5 Å². The van der Waals surface area contributed by atoms with Crippen molar-refractivity contribution in [2.45, 2.75) is 76.0 Å². The summed E-state index contributed by atoms with van der Waals surface area (Å²) in [6.45, 7) is 3.48. The first kappa shape index (κ1) is 23.8. The van der Waals surface area contributed by atoms with Crippen LogP contribution in [-0.4, -0.2) is 66.8 Å². The van der Waals surface area contributed by atoms with Crippen molar-refractivity contribution in [2.24, 2.45) is 0 Å². The summed E-state index contributed by atoms with van der Waals surface area (Å²) >= 11 is 0. The van der Waals surface area contributed by atoms with Gasteiger partial charge in [-0.2, -0.15) is 0 Å². The maximum atomic E-state index is 12.7. The van der Waals surface area contributed by atoms with Crippen LogP contribution in [0.5, 0.6) is 11.5 Å². The van der Waals surface area contributed by atoms with E-state index in [1.165, 1.54) is 6.42 Å². The number of carbonyl (C=O) groups excluding carboxylic acids is 2. The molecule has 2 amide bonds. The summed E-state index contributed by atoms with van der Waals surface area (Å²) in [4.78, 5) is 27.3. The molecule has 1 saturated carbocycles. The third-order valence-electron chi connectivity index (χ3n) is 6.84. The lowest BCUT2D eigenvalue weighted by Gasteiger charge is -2.29. The van der Waals surface area contributed by atoms with Gasteiger partial charge in [0.1, 0.15) is 19.3 Å². The quantitative estimate of drug-likeness (QED) is 0.524. The van der Waals surface area contributed by atoms with Gasteiger partial charge in [-0.25, -0.2) is 0 Å². The van der Waals surface area contributed by atoms with E-state index in [1.54, 1.807) is 12.1 Å². The normalized spacial score (nSPS) is 20.8. The summed E-state index contributed by atoms with van der Waals surface area (Å²) in [5, 5.41) is 17.2. The second-order valence-corrected chi connectivity index (χ2v) is 9.43. The van der Waals surface area contributed by atoms with E-state index in [1.807, 2.05) is 6.07 Å². The zero-order valence-corrected chi connectivity index (χ0v) is 19.4. The number of fused-ring (bicyclic) bond motifs is 1. The van der Waals surface area contributed by atoms with E-state index in [4.69, 9.17) is 9.47 Å². The van der Waals surface area contributed by atoms with E-state index < -0.39 is 12.1 Å². The first-order valence-corrected chi connectivity index (χ1v) is 12.5.